The van der Waals surface area contributed by atoms with Crippen LogP contribution in [0.4, 0.5) is 0 Å². The molecule has 18 heteroatoms. The van der Waals surface area contributed by atoms with E-state index in [1.807, 2.05) is 6.07 Å². The second-order valence-corrected chi connectivity index (χ2v) is 13.4. The summed E-state index contributed by atoms with van der Waals surface area (Å²) in [6.07, 6.45) is 2.69. The number of amides is 4. The minimum Gasteiger partial charge on any atom is -0.497 e. The molecule has 0 saturated carbocycles. The first-order valence-electron chi connectivity index (χ1n) is 16.0. The maximum absolute atomic E-state index is 13.9. The van der Waals surface area contributed by atoms with Gasteiger partial charge in [-0.25, -0.2) is 13.9 Å². The van der Waals surface area contributed by atoms with E-state index in [9.17, 15) is 32.8 Å². The number of carbonyl (C=O) groups excluding carboxylic acids is 4. The van der Waals surface area contributed by atoms with Gasteiger partial charge in [-0.1, -0.05) is 18.2 Å². The SMILES string of the molecule is COc1ccc(S(=O)(=O)N2Cc3c(c4ccccc4n3CC(=O)NCCNC(=O)COCCOCCN3C(=N)C=CC3=O)C[C@H]2C(=O)NO)cc1. The summed E-state index contributed by atoms with van der Waals surface area (Å²) in [6.45, 7) is 0.426. The molecule has 0 spiro atoms. The third-order valence-corrected chi connectivity index (χ3v) is 10.3. The zero-order valence-corrected chi connectivity index (χ0v) is 28.6. The van der Waals surface area contributed by atoms with Crippen molar-refractivity contribution < 1.29 is 47.0 Å². The van der Waals surface area contributed by atoms with Gasteiger partial charge in [0.2, 0.25) is 21.8 Å². The second kappa shape index (κ2) is 16.7. The van der Waals surface area contributed by atoms with Crippen LogP contribution in [0.5, 0.6) is 5.75 Å². The van der Waals surface area contributed by atoms with Crippen molar-refractivity contribution in [2.45, 2.75) is 30.4 Å². The van der Waals surface area contributed by atoms with Crippen molar-refractivity contribution in [2.24, 2.45) is 0 Å². The molecule has 3 aromatic rings. The molecule has 17 nitrogen and oxygen atoms in total. The standard InChI is InChI=1S/C33H39N7O10S/c1-48-22-6-8-23(9-7-22)51(46,47)40-19-28-25(18-27(40)33(44)37-45)24-4-2-3-5-26(24)39(28)20-30(41)35-12-13-36-31(42)21-50-17-16-49-15-14-38-29(34)10-11-32(38)43/h2-11,27,34,45H,12-21H2,1H3,(H,35,41)(H,36,42)(H,37,44)/t27-/m0/s1. The summed E-state index contributed by atoms with van der Waals surface area (Å²) in [6, 6.07) is 11.7. The highest BCUT2D eigenvalue weighted by atomic mass is 32.2. The molecule has 2 aromatic carbocycles. The quantitative estimate of drug-likeness (QED) is 0.0707. The lowest BCUT2D eigenvalue weighted by molar-refractivity contribution is -0.133. The molecule has 0 fully saturated rings. The lowest BCUT2D eigenvalue weighted by Crippen LogP contribution is -2.52. The van der Waals surface area contributed by atoms with Crippen molar-refractivity contribution in [3.05, 3.63) is 71.9 Å². The van der Waals surface area contributed by atoms with Gasteiger partial charge in [0.1, 0.15) is 30.8 Å². The number of methoxy groups -OCH3 is 1. The smallest absolute Gasteiger partial charge is 0.262 e. The van der Waals surface area contributed by atoms with Crippen LogP contribution in [0.15, 0.2) is 65.6 Å². The molecule has 1 aromatic heterocycles. The average Bonchev–Trinajstić information content (AvgIpc) is 3.62. The van der Waals surface area contributed by atoms with Crippen LogP contribution in [0.25, 0.3) is 10.9 Å². The number of aromatic nitrogens is 1. The van der Waals surface area contributed by atoms with E-state index in [-0.39, 0.29) is 88.1 Å². The van der Waals surface area contributed by atoms with E-state index in [1.54, 1.807) is 28.2 Å². The summed E-state index contributed by atoms with van der Waals surface area (Å²) in [5.41, 5.74) is 3.48. The Hall–Kier alpha value is -5.14. The molecule has 0 bridgehead atoms. The molecular weight excluding hydrogens is 686 g/mol. The van der Waals surface area contributed by atoms with Crippen LogP contribution in [0.1, 0.15) is 11.3 Å². The Morgan fingerprint density at radius 2 is 1.67 bits per heavy atom. The van der Waals surface area contributed by atoms with Crippen LogP contribution in [-0.2, 0) is 58.2 Å². The molecule has 5 N–H and O–H groups in total. The second-order valence-electron chi connectivity index (χ2n) is 11.5. The Morgan fingerprint density at radius 1 is 0.961 bits per heavy atom. The summed E-state index contributed by atoms with van der Waals surface area (Å²) in [5.74, 6) is -1.37. The van der Waals surface area contributed by atoms with Crippen molar-refractivity contribution in [3.8, 4) is 5.75 Å². The molecule has 1 atom stereocenters. The van der Waals surface area contributed by atoms with Crippen LogP contribution in [0.3, 0.4) is 0 Å². The van der Waals surface area contributed by atoms with Gasteiger partial charge in [0, 0.05) is 42.2 Å². The van der Waals surface area contributed by atoms with E-state index in [0.29, 0.717) is 22.5 Å². The first-order chi connectivity index (χ1) is 24.5. The predicted molar refractivity (Wildman–Crippen MR) is 181 cm³/mol. The Morgan fingerprint density at radius 3 is 2.35 bits per heavy atom. The molecule has 0 aliphatic carbocycles. The van der Waals surface area contributed by atoms with Crippen molar-refractivity contribution in [1.82, 2.24) is 29.9 Å². The number of para-hydroxylation sites is 1. The molecule has 4 amide bonds. The van der Waals surface area contributed by atoms with Crippen LogP contribution in [0, 0.1) is 5.41 Å². The zero-order valence-electron chi connectivity index (χ0n) is 27.8. The fourth-order valence-electron chi connectivity index (χ4n) is 5.88. The van der Waals surface area contributed by atoms with E-state index < -0.39 is 27.9 Å². The highest BCUT2D eigenvalue weighted by molar-refractivity contribution is 7.89. The van der Waals surface area contributed by atoms with E-state index >= 15 is 0 Å². The summed E-state index contributed by atoms with van der Waals surface area (Å²) < 4.78 is 46.3. The molecule has 0 radical (unpaired) electrons. The number of nitrogens with zero attached hydrogens (tertiary/aromatic N) is 3. The fraction of sp³-hybridized carbons (Fsp3) is 0.364. The number of hydroxylamine groups is 1. The van der Waals surface area contributed by atoms with Crippen LogP contribution < -0.4 is 20.9 Å². The number of nitrogens with one attached hydrogen (secondary N) is 4. The maximum atomic E-state index is 13.9. The van der Waals surface area contributed by atoms with Gasteiger partial charge in [0.15, 0.2) is 0 Å². The van der Waals surface area contributed by atoms with Gasteiger partial charge in [-0.05, 0) is 42.0 Å². The summed E-state index contributed by atoms with van der Waals surface area (Å²) in [4.78, 5) is 50.9. The number of sulfonamides is 1. The zero-order chi connectivity index (χ0) is 36.5. The lowest BCUT2D eigenvalue weighted by atomic mass is 9.98. The van der Waals surface area contributed by atoms with Gasteiger partial charge in [-0.3, -0.25) is 34.7 Å². The number of hydrogen-bond acceptors (Lipinski definition) is 11. The predicted octanol–water partition coefficient (Wildman–Crippen LogP) is -0.0878. The molecule has 2 aliphatic rings. The average molecular weight is 726 g/mol. The highest BCUT2D eigenvalue weighted by Crippen LogP contribution is 2.36. The Kier molecular flexibility index (Phi) is 12.2. The maximum Gasteiger partial charge on any atom is 0.262 e. The number of rotatable bonds is 17. The van der Waals surface area contributed by atoms with Gasteiger partial charge >= 0.3 is 0 Å². The number of hydrogen-bond donors (Lipinski definition) is 5. The van der Waals surface area contributed by atoms with E-state index in [2.05, 4.69) is 10.6 Å². The van der Waals surface area contributed by atoms with E-state index in [0.717, 1.165) is 9.69 Å². The third-order valence-electron chi connectivity index (χ3n) is 8.40. The van der Waals surface area contributed by atoms with Crippen molar-refractivity contribution in [3.63, 3.8) is 0 Å². The topological polar surface area (TPSA) is 222 Å². The number of carbonyl (C=O) groups is 4. The Balaban J connectivity index is 1.14. The van der Waals surface area contributed by atoms with Gasteiger partial charge in [-0.15, -0.1) is 0 Å². The van der Waals surface area contributed by atoms with Crippen LogP contribution in [0.2, 0.25) is 0 Å². The van der Waals surface area contributed by atoms with E-state index in [4.69, 9.17) is 19.6 Å². The number of fused-ring (bicyclic) bond motifs is 3. The monoisotopic (exact) mass is 725 g/mol. The molecule has 2 aliphatic heterocycles. The summed E-state index contributed by atoms with van der Waals surface area (Å²) >= 11 is 0. The molecule has 0 unspecified atom stereocenters. The first-order valence-corrected chi connectivity index (χ1v) is 17.4. The minimum absolute atomic E-state index is 0.0463. The molecule has 272 valence electrons. The van der Waals surface area contributed by atoms with E-state index in [1.165, 1.54) is 48.4 Å². The molecular formula is C33H39N7O10S. The number of benzene rings is 2. The summed E-state index contributed by atoms with van der Waals surface area (Å²) in [5, 5.41) is 23.3. The van der Waals surface area contributed by atoms with Gasteiger partial charge in [0.05, 0.1) is 44.9 Å². The number of amidine groups is 1. The number of ether oxygens (including phenoxy) is 3. The molecule has 0 saturated heterocycles. The van der Waals surface area contributed by atoms with Crippen LogP contribution >= 0.6 is 0 Å². The summed E-state index contributed by atoms with van der Waals surface area (Å²) in [7, 11) is -2.80. The first kappa shape index (κ1) is 37.1. The van der Waals surface area contributed by atoms with Crippen LogP contribution in [-0.4, -0.2) is 116 Å². The van der Waals surface area contributed by atoms with Gasteiger partial charge in [0.25, 0.3) is 11.8 Å². The molecule has 5 rings (SSSR count). The Labute approximate surface area is 293 Å². The molecule has 3 heterocycles. The minimum atomic E-state index is -4.25. The lowest BCUT2D eigenvalue weighted by Gasteiger charge is -2.34. The largest absolute Gasteiger partial charge is 0.497 e. The fourth-order valence-corrected chi connectivity index (χ4v) is 7.43. The van der Waals surface area contributed by atoms with Crippen molar-refractivity contribution in [1.29, 1.82) is 5.41 Å². The van der Waals surface area contributed by atoms with Crippen molar-refractivity contribution in [2.75, 3.05) is 53.2 Å². The Bertz CT molecular complexity index is 1910. The van der Waals surface area contributed by atoms with Gasteiger partial charge < -0.3 is 29.4 Å². The highest BCUT2D eigenvalue weighted by Gasteiger charge is 2.42. The van der Waals surface area contributed by atoms with Crippen molar-refractivity contribution >= 4 is 50.4 Å². The van der Waals surface area contributed by atoms with Gasteiger partial charge in [-0.2, -0.15) is 4.31 Å². The normalized spacial score (nSPS) is 16.0. The molecule has 51 heavy (non-hydrogen) atoms. The third kappa shape index (κ3) is 8.61.